The van der Waals surface area contributed by atoms with Gasteiger partial charge in [0.05, 0.1) is 11.4 Å². The molecule has 1 aliphatic rings. The van der Waals surface area contributed by atoms with Gasteiger partial charge in [0.2, 0.25) is 0 Å². The van der Waals surface area contributed by atoms with Crippen molar-refractivity contribution in [2.75, 3.05) is 13.1 Å². The number of rotatable bonds is 3. The fourth-order valence-corrected chi connectivity index (χ4v) is 3.66. The quantitative estimate of drug-likeness (QED) is 0.713. The van der Waals surface area contributed by atoms with Gasteiger partial charge in [-0.2, -0.15) is 5.10 Å². The molecule has 0 unspecified atom stereocenters. The first-order chi connectivity index (χ1) is 13.1. The highest BCUT2D eigenvalue weighted by Crippen LogP contribution is 2.31. The predicted molar refractivity (Wildman–Crippen MR) is 101 cm³/mol. The lowest BCUT2D eigenvalue weighted by atomic mass is 9.93. The first kappa shape index (κ1) is 17.4. The Hall–Kier alpha value is -3.02. The molecule has 138 valence electrons. The molecular weight excluding hydrogens is 343 g/mol. The van der Waals surface area contributed by atoms with E-state index < -0.39 is 0 Å². The van der Waals surface area contributed by atoms with Crippen molar-refractivity contribution in [1.82, 2.24) is 19.7 Å². The highest BCUT2D eigenvalue weighted by Gasteiger charge is 2.26. The molecule has 0 spiro atoms. The maximum absolute atomic E-state index is 13.5. The van der Waals surface area contributed by atoms with E-state index >= 15 is 0 Å². The van der Waals surface area contributed by atoms with Crippen LogP contribution in [0.25, 0.3) is 11.3 Å². The number of hydrogen-bond donors (Lipinski definition) is 0. The first-order valence-electron chi connectivity index (χ1n) is 9.11. The van der Waals surface area contributed by atoms with Gasteiger partial charge < -0.3 is 4.90 Å². The third kappa shape index (κ3) is 3.60. The van der Waals surface area contributed by atoms with Gasteiger partial charge in [0.1, 0.15) is 5.82 Å². The summed E-state index contributed by atoms with van der Waals surface area (Å²) < 4.78 is 15.3. The molecule has 1 saturated heterocycles. The summed E-state index contributed by atoms with van der Waals surface area (Å²) in [5.41, 5.74) is 3.41. The number of carbonyl (C=O) groups is 1. The molecule has 1 fully saturated rings. The number of amides is 1. The fourth-order valence-electron chi connectivity index (χ4n) is 3.66. The number of hydrogen-bond acceptors (Lipinski definition) is 3. The van der Waals surface area contributed by atoms with Crippen LogP contribution in [0.3, 0.4) is 0 Å². The SMILES string of the molecule is Cn1nc(C2CCN(C(=O)c3ccncc3)CC2)cc1-c1cccc(F)c1. The average Bonchev–Trinajstić information content (AvgIpc) is 3.10. The van der Waals surface area contributed by atoms with Crippen LogP contribution < -0.4 is 0 Å². The highest BCUT2D eigenvalue weighted by molar-refractivity contribution is 5.94. The minimum absolute atomic E-state index is 0.0531. The molecule has 0 bridgehead atoms. The number of halogens is 1. The van der Waals surface area contributed by atoms with Crippen molar-refractivity contribution in [2.24, 2.45) is 7.05 Å². The molecule has 0 radical (unpaired) electrons. The molecule has 0 N–H and O–H groups in total. The third-order valence-electron chi connectivity index (χ3n) is 5.15. The van der Waals surface area contributed by atoms with Crippen LogP contribution >= 0.6 is 0 Å². The topological polar surface area (TPSA) is 51.0 Å². The summed E-state index contributed by atoms with van der Waals surface area (Å²) in [6.07, 6.45) is 5.02. The van der Waals surface area contributed by atoms with E-state index in [-0.39, 0.29) is 11.7 Å². The van der Waals surface area contributed by atoms with Crippen LogP contribution in [0, 0.1) is 5.82 Å². The molecule has 27 heavy (non-hydrogen) atoms. The van der Waals surface area contributed by atoms with Gasteiger partial charge in [-0.3, -0.25) is 14.5 Å². The van der Waals surface area contributed by atoms with Crippen LogP contribution in [0.4, 0.5) is 4.39 Å². The number of benzene rings is 1. The second-order valence-electron chi connectivity index (χ2n) is 6.89. The fraction of sp³-hybridized carbons (Fsp3) is 0.286. The van der Waals surface area contributed by atoms with Gasteiger partial charge in [-0.25, -0.2) is 4.39 Å². The standard InChI is InChI=1S/C21H21FN4O/c1-25-20(17-3-2-4-18(22)13-17)14-19(24-25)15-7-11-26(12-8-15)21(27)16-5-9-23-10-6-16/h2-6,9-10,13-15H,7-8,11-12H2,1H3. The van der Waals surface area contributed by atoms with Gasteiger partial charge in [-0.05, 0) is 43.2 Å². The van der Waals surface area contributed by atoms with E-state index in [1.54, 1.807) is 35.3 Å². The molecule has 1 aromatic carbocycles. The van der Waals surface area contributed by atoms with E-state index in [4.69, 9.17) is 0 Å². The zero-order valence-corrected chi connectivity index (χ0v) is 15.2. The molecule has 3 heterocycles. The lowest BCUT2D eigenvalue weighted by molar-refractivity contribution is 0.0712. The molecule has 2 aromatic heterocycles. The lowest BCUT2D eigenvalue weighted by Gasteiger charge is -2.31. The molecule has 1 aliphatic heterocycles. The largest absolute Gasteiger partial charge is 0.339 e. The minimum Gasteiger partial charge on any atom is -0.339 e. The van der Waals surface area contributed by atoms with Gasteiger partial charge in [0.15, 0.2) is 0 Å². The Morgan fingerprint density at radius 2 is 1.85 bits per heavy atom. The predicted octanol–water partition coefficient (Wildman–Crippen LogP) is 3.64. The monoisotopic (exact) mass is 364 g/mol. The Morgan fingerprint density at radius 3 is 2.56 bits per heavy atom. The van der Waals surface area contributed by atoms with Crippen LogP contribution in [0.5, 0.6) is 0 Å². The van der Waals surface area contributed by atoms with E-state index in [0.717, 1.165) is 29.8 Å². The number of likely N-dealkylation sites (tertiary alicyclic amines) is 1. The van der Waals surface area contributed by atoms with Gasteiger partial charge in [-0.1, -0.05) is 12.1 Å². The summed E-state index contributed by atoms with van der Waals surface area (Å²) in [5.74, 6) is 0.107. The maximum Gasteiger partial charge on any atom is 0.253 e. The second-order valence-corrected chi connectivity index (χ2v) is 6.89. The Labute approximate surface area is 157 Å². The summed E-state index contributed by atoms with van der Waals surface area (Å²) >= 11 is 0. The smallest absolute Gasteiger partial charge is 0.253 e. The van der Waals surface area contributed by atoms with E-state index in [9.17, 15) is 9.18 Å². The molecule has 5 nitrogen and oxygen atoms in total. The molecule has 4 rings (SSSR count). The van der Waals surface area contributed by atoms with Gasteiger partial charge in [0.25, 0.3) is 5.91 Å². The molecule has 0 atom stereocenters. The summed E-state index contributed by atoms with van der Waals surface area (Å²) in [4.78, 5) is 18.4. The van der Waals surface area contributed by atoms with Crippen molar-refractivity contribution in [1.29, 1.82) is 0 Å². The van der Waals surface area contributed by atoms with E-state index in [1.807, 2.05) is 24.1 Å². The van der Waals surface area contributed by atoms with Gasteiger partial charge in [0, 0.05) is 49.6 Å². The van der Waals surface area contributed by atoms with Crippen molar-refractivity contribution in [3.63, 3.8) is 0 Å². The van der Waals surface area contributed by atoms with E-state index in [0.29, 0.717) is 24.6 Å². The van der Waals surface area contributed by atoms with Crippen molar-refractivity contribution < 1.29 is 9.18 Å². The highest BCUT2D eigenvalue weighted by atomic mass is 19.1. The van der Waals surface area contributed by atoms with Crippen LogP contribution in [-0.4, -0.2) is 38.7 Å². The van der Waals surface area contributed by atoms with Crippen molar-refractivity contribution in [2.45, 2.75) is 18.8 Å². The van der Waals surface area contributed by atoms with E-state index in [2.05, 4.69) is 10.1 Å². The Kier molecular flexibility index (Phi) is 4.71. The molecule has 0 aliphatic carbocycles. The molecule has 6 heteroatoms. The molecular formula is C21H21FN4O. The summed E-state index contributed by atoms with van der Waals surface area (Å²) in [7, 11) is 1.88. The number of pyridine rings is 1. The van der Waals surface area contributed by atoms with E-state index in [1.165, 1.54) is 12.1 Å². The summed E-state index contributed by atoms with van der Waals surface area (Å²) in [6, 6.07) is 12.1. The lowest BCUT2D eigenvalue weighted by Crippen LogP contribution is -2.38. The number of piperidine rings is 1. The van der Waals surface area contributed by atoms with Crippen molar-refractivity contribution >= 4 is 5.91 Å². The van der Waals surface area contributed by atoms with Crippen molar-refractivity contribution in [3.8, 4) is 11.3 Å². The number of nitrogens with zero attached hydrogens (tertiary/aromatic N) is 4. The third-order valence-corrected chi connectivity index (χ3v) is 5.15. The van der Waals surface area contributed by atoms with Gasteiger partial charge in [-0.15, -0.1) is 0 Å². The minimum atomic E-state index is -0.252. The average molecular weight is 364 g/mol. The normalized spacial score (nSPS) is 15.1. The Bertz CT molecular complexity index is 946. The first-order valence-corrected chi connectivity index (χ1v) is 9.11. The van der Waals surface area contributed by atoms with Crippen LogP contribution in [0.2, 0.25) is 0 Å². The Morgan fingerprint density at radius 1 is 1.11 bits per heavy atom. The number of aryl methyl sites for hydroxylation is 1. The summed E-state index contributed by atoms with van der Waals surface area (Å²) in [5, 5.41) is 4.65. The molecule has 3 aromatic rings. The summed E-state index contributed by atoms with van der Waals surface area (Å²) in [6.45, 7) is 1.41. The molecule has 0 saturated carbocycles. The maximum atomic E-state index is 13.5. The van der Waals surface area contributed by atoms with Crippen LogP contribution in [-0.2, 0) is 7.05 Å². The Balaban J connectivity index is 1.46. The van der Waals surface area contributed by atoms with Crippen LogP contribution in [0.15, 0.2) is 54.9 Å². The van der Waals surface area contributed by atoms with Gasteiger partial charge >= 0.3 is 0 Å². The molecule has 1 amide bonds. The number of aromatic nitrogens is 3. The zero-order chi connectivity index (χ0) is 18.8. The second kappa shape index (κ2) is 7.31. The number of carbonyl (C=O) groups excluding carboxylic acids is 1. The van der Waals surface area contributed by atoms with Crippen LogP contribution in [0.1, 0.15) is 34.8 Å². The van der Waals surface area contributed by atoms with Crippen molar-refractivity contribution in [3.05, 3.63) is 71.9 Å². The zero-order valence-electron chi connectivity index (χ0n) is 15.2.